The summed E-state index contributed by atoms with van der Waals surface area (Å²) in [5.74, 6) is -5.65. The number of amides is 1. The lowest BCUT2D eigenvalue weighted by Gasteiger charge is -2.30. The molecule has 3 aliphatic carbocycles. The number of aromatic nitrogens is 2. The van der Waals surface area contributed by atoms with Crippen LogP contribution in [0.4, 0.5) is 32.8 Å². The molecule has 220 valence electrons. The Morgan fingerprint density at radius 1 is 1.27 bits per heavy atom. The fourth-order valence-electron chi connectivity index (χ4n) is 4.71. The summed E-state index contributed by atoms with van der Waals surface area (Å²) < 4.78 is 100. The largest absolute Gasteiger partial charge is 0.415 e. The van der Waals surface area contributed by atoms with Crippen LogP contribution >= 0.6 is 23.6 Å². The Bertz CT molecular complexity index is 1430. The average Bonchev–Trinajstić information content (AvgIpc) is 3.11. The molecule has 0 radical (unpaired) electrons. The van der Waals surface area contributed by atoms with Crippen LogP contribution in [-0.4, -0.2) is 60.0 Å². The summed E-state index contributed by atoms with van der Waals surface area (Å²) in [6, 6.07) is 0.255. The van der Waals surface area contributed by atoms with Gasteiger partial charge in [0, 0.05) is 36.5 Å². The number of nitrogens with zero attached hydrogens (tertiary/aromatic N) is 2. The Morgan fingerprint density at radius 3 is 2.60 bits per heavy atom. The molecule has 2 fully saturated rings. The van der Waals surface area contributed by atoms with Crippen molar-refractivity contribution in [2.45, 2.75) is 74.2 Å². The van der Waals surface area contributed by atoms with Crippen LogP contribution in [0, 0.1) is 5.92 Å². The molecule has 2 heterocycles. The van der Waals surface area contributed by atoms with Crippen molar-refractivity contribution in [1.82, 2.24) is 19.8 Å². The van der Waals surface area contributed by atoms with Gasteiger partial charge in [-0.25, -0.2) is 31.0 Å². The standard InChI is InChI=1S/C22H25F5N6O4S3/c1-33-15(7-16(31-33)37-20(24)25)29-21(38)28-10-2-3-14-12(6-10)17(40(35,36)32-11-4-9(23)5-11)19(39-14)30-18(34)13-8-22(13,26)27/h7,9-11,13,20,32H,2-6,8H2,1H3,(H,30,34)(H2,28,29,38)/t9-,10-,11-,13?/m0/s1. The van der Waals surface area contributed by atoms with Crippen molar-refractivity contribution in [3.63, 3.8) is 0 Å². The fraction of sp³-hybridized carbons (Fsp3) is 0.591. The Morgan fingerprint density at radius 2 is 1.98 bits per heavy atom. The van der Waals surface area contributed by atoms with E-state index < -0.39 is 53.0 Å². The van der Waals surface area contributed by atoms with Crippen molar-refractivity contribution in [2.24, 2.45) is 13.0 Å². The molecule has 18 heteroatoms. The number of hydrogen-bond donors (Lipinski definition) is 4. The first-order chi connectivity index (χ1) is 18.7. The molecule has 40 heavy (non-hydrogen) atoms. The lowest BCUT2D eigenvalue weighted by atomic mass is 9.92. The number of carbonyl (C=O) groups excluding carboxylic acids is 1. The number of anilines is 2. The minimum Gasteiger partial charge on any atom is -0.415 e. The Hall–Kier alpha value is -2.57. The van der Waals surface area contributed by atoms with Gasteiger partial charge in [0.15, 0.2) is 5.11 Å². The highest BCUT2D eigenvalue weighted by Crippen LogP contribution is 2.50. The van der Waals surface area contributed by atoms with Crippen LogP contribution in [0.1, 0.15) is 36.1 Å². The zero-order chi connectivity index (χ0) is 29.0. The van der Waals surface area contributed by atoms with Crippen molar-refractivity contribution in [3.05, 3.63) is 16.5 Å². The number of rotatable bonds is 9. The van der Waals surface area contributed by atoms with E-state index in [2.05, 4.69) is 30.5 Å². The van der Waals surface area contributed by atoms with E-state index in [9.17, 15) is 35.2 Å². The first-order valence-electron chi connectivity index (χ1n) is 12.3. The second kappa shape index (κ2) is 10.7. The van der Waals surface area contributed by atoms with Gasteiger partial charge in [-0.05, 0) is 49.9 Å². The van der Waals surface area contributed by atoms with E-state index in [4.69, 9.17) is 12.2 Å². The minimum absolute atomic E-state index is 0.0176. The first kappa shape index (κ1) is 28.9. The summed E-state index contributed by atoms with van der Waals surface area (Å²) in [7, 11) is -2.74. The van der Waals surface area contributed by atoms with Crippen LogP contribution < -0.4 is 25.4 Å². The van der Waals surface area contributed by atoms with E-state index in [1.807, 2.05) is 0 Å². The molecule has 1 unspecified atom stereocenters. The smallest absolute Gasteiger partial charge is 0.388 e. The summed E-state index contributed by atoms with van der Waals surface area (Å²) in [5.41, 5.74) is 0.409. The molecular formula is C22H25F5N6O4S3. The number of thiocarbonyl (C=S) groups is 1. The zero-order valence-corrected chi connectivity index (χ0v) is 23.3. The van der Waals surface area contributed by atoms with Crippen LogP contribution in [0.3, 0.4) is 0 Å². The second-order valence-corrected chi connectivity index (χ2v) is 13.1. The summed E-state index contributed by atoms with van der Waals surface area (Å²) in [5, 5.41) is 12.1. The van der Waals surface area contributed by atoms with Gasteiger partial charge in [-0.3, -0.25) is 4.79 Å². The summed E-state index contributed by atoms with van der Waals surface area (Å²) >= 11 is 6.36. The predicted molar refractivity (Wildman–Crippen MR) is 139 cm³/mol. The maximum atomic E-state index is 13.5. The molecular weight excluding hydrogens is 603 g/mol. The molecule has 1 amide bonds. The minimum atomic E-state index is -4.24. The Kier molecular flexibility index (Phi) is 7.73. The number of nitrogens with one attached hydrogen (secondary N) is 4. The third-order valence-electron chi connectivity index (χ3n) is 6.91. The highest BCUT2D eigenvalue weighted by molar-refractivity contribution is 7.90. The number of aryl methyl sites for hydroxylation is 2. The van der Waals surface area contributed by atoms with Gasteiger partial charge in [0.05, 0.1) is 0 Å². The van der Waals surface area contributed by atoms with Gasteiger partial charge in [-0.1, -0.05) is 0 Å². The van der Waals surface area contributed by atoms with Crippen molar-refractivity contribution >= 4 is 55.4 Å². The van der Waals surface area contributed by atoms with Crippen LogP contribution in [0.2, 0.25) is 0 Å². The van der Waals surface area contributed by atoms with Crippen molar-refractivity contribution in [2.75, 3.05) is 10.6 Å². The lowest BCUT2D eigenvalue weighted by molar-refractivity contribution is -0.119. The average molecular weight is 629 g/mol. The highest BCUT2D eigenvalue weighted by Gasteiger charge is 2.61. The molecule has 0 bridgehead atoms. The van der Waals surface area contributed by atoms with Gasteiger partial charge in [0.2, 0.25) is 21.8 Å². The van der Waals surface area contributed by atoms with E-state index >= 15 is 0 Å². The van der Waals surface area contributed by atoms with Crippen LogP contribution in [0.5, 0.6) is 5.88 Å². The maximum Gasteiger partial charge on any atom is 0.388 e. The molecule has 0 saturated heterocycles. The van der Waals surface area contributed by atoms with Gasteiger partial charge in [-0.15, -0.1) is 16.4 Å². The molecule has 0 spiro atoms. The number of thiophene rings is 1. The molecule has 2 atom stereocenters. The number of sulfonamides is 1. The molecule has 2 saturated carbocycles. The number of carbonyl (C=O) groups is 1. The first-order valence-corrected chi connectivity index (χ1v) is 15.0. The topological polar surface area (TPSA) is 126 Å². The van der Waals surface area contributed by atoms with Gasteiger partial charge in [-0.2, -0.15) is 8.78 Å². The van der Waals surface area contributed by atoms with E-state index in [0.717, 1.165) is 11.3 Å². The summed E-state index contributed by atoms with van der Waals surface area (Å²) in [6.07, 6.45) is -0.582. The van der Waals surface area contributed by atoms with Crippen molar-refractivity contribution < 1.29 is 39.9 Å². The van der Waals surface area contributed by atoms with E-state index in [1.165, 1.54) is 17.8 Å². The Labute approximate surface area is 235 Å². The number of fused-ring (bicyclic) bond motifs is 1. The molecule has 2 aromatic rings. The summed E-state index contributed by atoms with van der Waals surface area (Å²) in [6.45, 7) is -3.05. The van der Waals surface area contributed by atoms with Gasteiger partial charge in [0.25, 0.3) is 5.92 Å². The van der Waals surface area contributed by atoms with Gasteiger partial charge in [0.1, 0.15) is 27.8 Å². The van der Waals surface area contributed by atoms with E-state index in [0.29, 0.717) is 23.3 Å². The molecule has 5 rings (SSSR count). The van der Waals surface area contributed by atoms with Crippen molar-refractivity contribution in [1.29, 1.82) is 0 Å². The molecule has 0 aromatic carbocycles. The SMILES string of the molecule is Cn1nc(OC(F)F)cc1NC(=S)N[C@H]1CCc2sc(NC(=O)C3CC3(F)F)c(S(=O)(=O)N[C@H]3C[C@H](F)C3)c2C1. The lowest BCUT2D eigenvalue weighted by Crippen LogP contribution is -2.45. The Balaban J connectivity index is 1.33. The maximum absolute atomic E-state index is 13.5. The molecule has 2 aromatic heterocycles. The van der Waals surface area contributed by atoms with Crippen LogP contribution in [0.15, 0.2) is 11.0 Å². The molecule has 10 nitrogen and oxygen atoms in total. The summed E-state index contributed by atoms with van der Waals surface area (Å²) in [4.78, 5) is 12.9. The number of ether oxygens (including phenoxy) is 1. The second-order valence-electron chi connectivity index (χ2n) is 9.96. The normalized spacial score (nSPS) is 25.1. The monoisotopic (exact) mass is 628 g/mol. The molecule has 4 N–H and O–H groups in total. The quantitative estimate of drug-likeness (QED) is 0.246. The third kappa shape index (κ3) is 6.18. The van der Waals surface area contributed by atoms with E-state index in [1.54, 1.807) is 0 Å². The van der Waals surface area contributed by atoms with Gasteiger partial charge >= 0.3 is 6.61 Å². The number of halogens is 5. The van der Waals surface area contributed by atoms with Crippen molar-refractivity contribution in [3.8, 4) is 5.88 Å². The molecule has 0 aliphatic heterocycles. The highest BCUT2D eigenvalue weighted by atomic mass is 32.2. The predicted octanol–water partition coefficient (Wildman–Crippen LogP) is 3.30. The third-order valence-corrected chi connectivity index (χ3v) is 10.1. The number of alkyl halides is 5. The fourth-order valence-corrected chi connectivity index (χ4v) is 8.22. The zero-order valence-electron chi connectivity index (χ0n) is 20.8. The van der Waals surface area contributed by atoms with Crippen LogP contribution in [0.25, 0.3) is 0 Å². The van der Waals surface area contributed by atoms with Gasteiger partial charge < -0.3 is 20.7 Å². The van der Waals surface area contributed by atoms with Crippen LogP contribution in [-0.2, 0) is 34.7 Å². The molecule has 3 aliphatic rings. The van der Waals surface area contributed by atoms with E-state index in [-0.39, 0.29) is 52.0 Å². The number of hydrogen-bond acceptors (Lipinski definition) is 7.